The number of halogens is 1. The third-order valence-electron chi connectivity index (χ3n) is 2.78. The molecule has 3 nitrogen and oxygen atoms in total. The van der Waals surface area contributed by atoms with Gasteiger partial charge in [0.15, 0.2) is 0 Å². The quantitative estimate of drug-likeness (QED) is 0.808. The van der Waals surface area contributed by atoms with Gasteiger partial charge in [0.05, 0.1) is 16.9 Å². The summed E-state index contributed by atoms with van der Waals surface area (Å²) in [6.07, 6.45) is 5.13. The number of aromatic nitrogens is 1. The van der Waals surface area contributed by atoms with Gasteiger partial charge in [0, 0.05) is 5.54 Å². The van der Waals surface area contributed by atoms with Crippen LogP contribution >= 0.6 is 11.6 Å². The first-order valence-electron chi connectivity index (χ1n) is 4.84. The number of nitrogens with zero attached hydrogens (tertiary/aromatic N) is 1. The molecule has 0 atom stereocenters. The van der Waals surface area contributed by atoms with Crippen LogP contribution in [0.4, 0.5) is 11.5 Å². The Morgan fingerprint density at radius 3 is 2.86 bits per heavy atom. The topological polar surface area (TPSA) is 50.9 Å². The Kier molecular flexibility index (Phi) is 2.27. The van der Waals surface area contributed by atoms with E-state index in [1.165, 1.54) is 12.8 Å². The zero-order valence-electron chi connectivity index (χ0n) is 8.18. The molecular formula is C10H14ClN3. The van der Waals surface area contributed by atoms with E-state index in [0.717, 1.165) is 12.2 Å². The zero-order valence-corrected chi connectivity index (χ0v) is 8.93. The molecule has 0 spiro atoms. The van der Waals surface area contributed by atoms with E-state index in [9.17, 15) is 0 Å². The summed E-state index contributed by atoms with van der Waals surface area (Å²) in [5, 5.41) is 3.98. The van der Waals surface area contributed by atoms with Gasteiger partial charge >= 0.3 is 0 Å². The number of pyridine rings is 1. The van der Waals surface area contributed by atoms with E-state index in [1.807, 2.05) is 0 Å². The highest BCUT2D eigenvalue weighted by Crippen LogP contribution is 2.42. The molecule has 0 amide bonds. The SMILES string of the molecule is CCC1(Nc2ncc(N)cc2Cl)CC1. The fraction of sp³-hybridized carbons (Fsp3) is 0.500. The first-order chi connectivity index (χ1) is 6.65. The van der Waals surface area contributed by atoms with Gasteiger partial charge in [-0.3, -0.25) is 0 Å². The largest absolute Gasteiger partial charge is 0.397 e. The lowest BCUT2D eigenvalue weighted by molar-refractivity contribution is 0.698. The minimum atomic E-state index is 0.243. The molecule has 1 saturated carbocycles. The Morgan fingerprint density at radius 2 is 2.36 bits per heavy atom. The normalized spacial score (nSPS) is 17.9. The number of hydrogen-bond donors (Lipinski definition) is 2. The molecule has 1 aliphatic carbocycles. The molecule has 1 aliphatic rings. The molecule has 1 aromatic heterocycles. The lowest BCUT2D eigenvalue weighted by Gasteiger charge is -2.16. The summed E-state index contributed by atoms with van der Waals surface area (Å²) in [4.78, 5) is 4.18. The van der Waals surface area contributed by atoms with Gasteiger partial charge in [-0.1, -0.05) is 18.5 Å². The molecule has 76 valence electrons. The minimum Gasteiger partial charge on any atom is -0.397 e. The van der Waals surface area contributed by atoms with Crippen LogP contribution in [-0.2, 0) is 0 Å². The molecule has 3 N–H and O–H groups in total. The van der Waals surface area contributed by atoms with E-state index in [2.05, 4.69) is 17.2 Å². The van der Waals surface area contributed by atoms with Crippen LogP contribution in [0.15, 0.2) is 12.3 Å². The summed E-state index contributed by atoms with van der Waals surface area (Å²) in [6.45, 7) is 2.17. The van der Waals surface area contributed by atoms with Crippen molar-refractivity contribution in [2.75, 3.05) is 11.1 Å². The number of anilines is 2. The highest BCUT2D eigenvalue weighted by Gasteiger charge is 2.41. The minimum absolute atomic E-state index is 0.243. The highest BCUT2D eigenvalue weighted by atomic mass is 35.5. The van der Waals surface area contributed by atoms with Gasteiger partial charge in [0.25, 0.3) is 0 Å². The second-order valence-corrected chi connectivity index (χ2v) is 4.27. The number of nitrogens with two attached hydrogens (primary N) is 1. The van der Waals surface area contributed by atoms with E-state index in [1.54, 1.807) is 12.3 Å². The fourth-order valence-electron chi connectivity index (χ4n) is 1.51. The number of nitrogens with one attached hydrogen (secondary N) is 1. The van der Waals surface area contributed by atoms with E-state index in [-0.39, 0.29) is 5.54 Å². The van der Waals surface area contributed by atoms with Gasteiger partial charge < -0.3 is 11.1 Å². The number of nitrogen functional groups attached to an aromatic ring is 1. The predicted octanol–water partition coefficient (Wildman–Crippen LogP) is 2.67. The molecule has 4 heteroatoms. The summed E-state index contributed by atoms with van der Waals surface area (Å²) < 4.78 is 0. The Hall–Kier alpha value is -0.960. The molecule has 0 aliphatic heterocycles. The van der Waals surface area contributed by atoms with Crippen LogP contribution in [0.25, 0.3) is 0 Å². The summed E-state index contributed by atoms with van der Waals surface area (Å²) in [5.41, 5.74) is 6.41. The summed E-state index contributed by atoms with van der Waals surface area (Å²) in [5.74, 6) is 0.750. The van der Waals surface area contributed by atoms with Gasteiger partial charge in [-0.15, -0.1) is 0 Å². The van der Waals surface area contributed by atoms with Crippen molar-refractivity contribution in [1.29, 1.82) is 0 Å². The third-order valence-corrected chi connectivity index (χ3v) is 3.06. The third kappa shape index (κ3) is 1.77. The van der Waals surface area contributed by atoms with Crippen molar-refractivity contribution >= 4 is 23.1 Å². The number of rotatable bonds is 3. The molecule has 1 heterocycles. The average molecular weight is 212 g/mol. The monoisotopic (exact) mass is 211 g/mol. The summed E-state index contributed by atoms with van der Waals surface area (Å²) in [6, 6.07) is 1.72. The van der Waals surface area contributed by atoms with Crippen molar-refractivity contribution in [2.24, 2.45) is 0 Å². The van der Waals surface area contributed by atoms with Crippen molar-refractivity contribution in [3.05, 3.63) is 17.3 Å². The zero-order chi connectivity index (χ0) is 10.2. The Morgan fingerprint density at radius 1 is 1.64 bits per heavy atom. The standard InChI is InChI=1S/C10H14ClN3/c1-2-10(3-4-10)14-9-8(11)5-7(12)6-13-9/h5-6H,2-4,12H2,1H3,(H,13,14). The van der Waals surface area contributed by atoms with E-state index >= 15 is 0 Å². The van der Waals surface area contributed by atoms with Crippen molar-refractivity contribution in [3.63, 3.8) is 0 Å². The van der Waals surface area contributed by atoms with Crippen LogP contribution in [0, 0.1) is 0 Å². The van der Waals surface area contributed by atoms with Gasteiger partial charge in [-0.2, -0.15) is 0 Å². The smallest absolute Gasteiger partial charge is 0.145 e. The highest BCUT2D eigenvalue weighted by molar-refractivity contribution is 6.33. The van der Waals surface area contributed by atoms with Crippen LogP contribution in [0.5, 0.6) is 0 Å². The van der Waals surface area contributed by atoms with Crippen molar-refractivity contribution in [2.45, 2.75) is 31.7 Å². The van der Waals surface area contributed by atoms with Crippen LogP contribution in [0.2, 0.25) is 5.02 Å². The Balaban J connectivity index is 2.17. The van der Waals surface area contributed by atoms with E-state index in [0.29, 0.717) is 10.7 Å². The summed E-state index contributed by atoms with van der Waals surface area (Å²) in [7, 11) is 0. The van der Waals surface area contributed by atoms with Crippen molar-refractivity contribution in [3.8, 4) is 0 Å². The fourth-order valence-corrected chi connectivity index (χ4v) is 1.74. The van der Waals surface area contributed by atoms with Crippen LogP contribution in [-0.4, -0.2) is 10.5 Å². The lowest BCUT2D eigenvalue weighted by Crippen LogP contribution is -2.20. The Bertz CT molecular complexity index is 347. The second-order valence-electron chi connectivity index (χ2n) is 3.86. The van der Waals surface area contributed by atoms with Gasteiger partial charge in [0.1, 0.15) is 5.82 Å². The van der Waals surface area contributed by atoms with Crippen molar-refractivity contribution < 1.29 is 0 Å². The molecule has 1 aromatic rings. The van der Waals surface area contributed by atoms with Crippen LogP contribution in [0.1, 0.15) is 26.2 Å². The molecule has 2 rings (SSSR count). The summed E-state index contributed by atoms with van der Waals surface area (Å²) >= 11 is 6.02. The molecule has 0 aromatic carbocycles. The maximum atomic E-state index is 6.02. The molecule has 0 bridgehead atoms. The van der Waals surface area contributed by atoms with Crippen molar-refractivity contribution in [1.82, 2.24) is 4.98 Å². The molecular weight excluding hydrogens is 198 g/mol. The van der Waals surface area contributed by atoms with E-state index in [4.69, 9.17) is 17.3 Å². The first-order valence-corrected chi connectivity index (χ1v) is 5.22. The van der Waals surface area contributed by atoms with Gasteiger partial charge in [0.2, 0.25) is 0 Å². The molecule has 0 radical (unpaired) electrons. The molecule has 0 saturated heterocycles. The maximum Gasteiger partial charge on any atom is 0.145 e. The van der Waals surface area contributed by atoms with Crippen LogP contribution < -0.4 is 11.1 Å². The molecule has 0 unspecified atom stereocenters. The van der Waals surface area contributed by atoms with Gasteiger partial charge in [-0.05, 0) is 25.3 Å². The second kappa shape index (κ2) is 3.31. The first kappa shape index (κ1) is 9.59. The Labute approximate surface area is 88.7 Å². The average Bonchev–Trinajstić information content (AvgIpc) is 2.91. The van der Waals surface area contributed by atoms with Crippen LogP contribution in [0.3, 0.4) is 0 Å². The lowest BCUT2D eigenvalue weighted by atomic mass is 10.2. The van der Waals surface area contributed by atoms with E-state index < -0.39 is 0 Å². The molecule has 1 fully saturated rings. The number of hydrogen-bond acceptors (Lipinski definition) is 3. The van der Waals surface area contributed by atoms with Gasteiger partial charge in [-0.25, -0.2) is 4.98 Å². The molecule has 14 heavy (non-hydrogen) atoms. The maximum absolute atomic E-state index is 6.02. The predicted molar refractivity (Wildman–Crippen MR) is 59.5 cm³/mol.